The summed E-state index contributed by atoms with van der Waals surface area (Å²) in [6.07, 6.45) is 2.56. The minimum Gasteiger partial charge on any atom is -0.325 e. The highest BCUT2D eigenvalue weighted by molar-refractivity contribution is 5.92. The Hall–Kier alpha value is -2.81. The van der Waals surface area contributed by atoms with E-state index in [1.54, 1.807) is 12.1 Å². The van der Waals surface area contributed by atoms with Crippen LogP contribution in [0, 0.1) is 5.82 Å². The molecule has 2 heterocycles. The molecule has 0 atom stereocenters. The zero-order valence-corrected chi connectivity index (χ0v) is 18.9. The van der Waals surface area contributed by atoms with Gasteiger partial charge in [-0.05, 0) is 61.8 Å². The van der Waals surface area contributed by atoms with Crippen molar-refractivity contribution in [3.63, 3.8) is 0 Å². The maximum absolute atomic E-state index is 13.3. The molecule has 2 aromatic rings. The van der Waals surface area contributed by atoms with Gasteiger partial charge >= 0.3 is 0 Å². The lowest BCUT2D eigenvalue weighted by Crippen LogP contribution is -2.50. The number of nitrogens with one attached hydrogen (secondary N) is 2. The van der Waals surface area contributed by atoms with Crippen LogP contribution in [0.1, 0.15) is 18.4 Å². The SMILES string of the molecule is O=C(CN1CCN(CC(=O)Nc2cccc(F)c2)CC1)Nc1ccc(CN2CCCC2)cc1. The summed E-state index contributed by atoms with van der Waals surface area (Å²) >= 11 is 0. The van der Waals surface area contributed by atoms with Gasteiger partial charge in [0.2, 0.25) is 11.8 Å². The summed E-state index contributed by atoms with van der Waals surface area (Å²) in [5.74, 6) is -0.572. The third-order valence-corrected chi connectivity index (χ3v) is 6.15. The second-order valence-corrected chi connectivity index (χ2v) is 8.84. The van der Waals surface area contributed by atoms with E-state index in [0.29, 0.717) is 25.3 Å². The van der Waals surface area contributed by atoms with Crippen molar-refractivity contribution in [3.8, 4) is 0 Å². The van der Waals surface area contributed by atoms with E-state index in [1.165, 1.54) is 43.6 Å². The monoisotopic (exact) mass is 453 g/mol. The van der Waals surface area contributed by atoms with Crippen molar-refractivity contribution >= 4 is 23.2 Å². The van der Waals surface area contributed by atoms with Gasteiger partial charge < -0.3 is 10.6 Å². The maximum Gasteiger partial charge on any atom is 0.238 e. The Balaban J connectivity index is 1.15. The molecule has 7 nitrogen and oxygen atoms in total. The van der Waals surface area contributed by atoms with Gasteiger partial charge in [0, 0.05) is 44.1 Å². The molecule has 4 rings (SSSR count). The first kappa shape index (κ1) is 23.4. The Bertz CT molecular complexity index is 938. The molecule has 2 aliphatic heterocycles. The van der Waals surface area contributed by atoms with Crippen molar-refractivity contribution in [1.82, 2.24) is 14.7 Å². The molecule has 2 N–H and O–H groups in total. The number of halogens is 1. The summed E-state index contributed by atoms with van der Waals surface area (Å²) in [4.78, 5) is 31.3. The molecule has 2 aliphatic rings. The Kier molecular flexibility index (Phi) is 8.04. The van der Waals surface area contributed by atoms with Crippen LogP contribution in [0.4, 0.5) is 15.8 Å². The van der Waals surface area contributed by atoms with Crippen LogP contribution >= 0.6 is 0 Å². The molecule has 0 aromatic heterocycles. The molecular formula is C25H32FN5O2. The Labute approximate surface area is 194 Å². The molecule has 2 aromatic carbocycles. The molecule has 0 radical (unpaired) electrons. The number of hydrogen-bond donors (Lipinski definition) is 2. The summed E-state index contributed by atoms with van der Waals surface area (Å²) in [6, 6.07) is 14.0. The average Bonchev–Trinajstić information content (AvgIpc) is 3.29. The molecule has 2 fully saturated rings. The third kappa shape index (κ3) is 7.35. The van der Waals surface area contributed by atoms with E-state index in [-0.39, 0.29) is 24.2 Å². The molecule has 0 aliphatic carbocycles. The first-order valence-corrected chi connectivity index (χ1v) is 11.6. The summed E-state index contributed by atoms with van der Waals surface area (Å²) < 4.78 is 13.3. The number of rotatable bonds is 8. The quantitative estimate of drug-likeness (QED) is 0.643. The first-order valence-electron chi connectivity index (χ1n) is 11.6. The van der Waals surface area contributed by atoms with E-state index in [1.807, 2.05) is 17.0 Å². The highest BCUT2D eigenvalue weighted by Crippen LogP contribution is 2.15. The largest absolute Gasteiger partial charge is 0.325 e. The topological polar surface area (TPSA) is 67.9 Å². The lowest BCUT2D eigenvalue weighted by Gasteiger charge is -2.33. The summed E-state index contributed by atoms with van der Waals surface area (Å²) in [5, 5.41) is 5.71. The van der Waals surface area contributed by atoms with Crippen LogP contribution < -0.4 is 10.6 Å². The molecule has 2 amide bonds. The number of amides is 2. The minimum absolute atomic E-state index is 0.0282. The van der Waals surface area contributed by atoms with Gasteiger partial charge in [0.25, 0.3) is 0 Å². The van der Waals surface area contributed by atoms with E-state index in [9.17, 15) is 14.0 Å². The number of carbonyl (C=O) groups is 2. The van der Waals surface area contributed by atoms with E-state index in [2.05, 4.69) is 32.6 Å². The van der Waals surface area contributed by atoms with Crippen molar-refractivity contribution < 1.29 is 14.0 Å². The number of carbonyl (C=O) groups excluding carboxylic acids is 2. The number of piperazine rings is 1. The second kappa shape index (κ2) is 11.4. The maximum atomic E-state index is 13.3. The minimum atomic E-state index is -0.377. The molecule has 0 spiro atoms. The zero-order valence-electron chi connectivity index (χ0n) is 18.9. The van der Waals surface area contributed by atoms with E-state index < -0.39 is 0 Å². The van der Waals surface area contributed by atoms with E-state index in [0.717, 1.165) is 25.3 Å². The van der Waals surface area contributed by atoms with Crippen molar-refractivity contribution in [2.24, 2.45) is 0 Å². The molecule has 0 saturated carbocycles. The third-order valence-electron chi connectivity index (χ3n) is 6.15. The van der Waals surface area contributed by atoms with Gasteiger partial charge in [-0.3, -0.25) is 24.3 Å². The van der Waals surface area contributed by atoms with Gasteiger partial charge in [-0.2, -0.15) is 0 Å². The molecule has 33 heavy (non-hydrogen) atoms. The van der Waals surface area contributed by atoms with Crippen LogP contribution in [0.2, 0.25) is 0 Å². The number of benzene rings is 2. The van der Waals surface area contributed by atoms with E-state index >= 15 is 0 Å². The van der Waals surface area contributed by atoms with Crippen LogP contribution in [0.25, 0.3) is 0 Å². The van der Waals surface area contributed by atoms with Crippen molar-refractivity contribution in [2.45, 2.75) is 19.4 Å². The first-order chi connectivity index (χ1) is 16.0. The zero-order chi connectivity index (χ0) is 23.0. The number of anilines is 2. The lowest BCUT2D eigenvalue weighted by molar-refractivity contribution is -0.120. The fourth-order valence-corrected chi connectivity index (χ4v) is 4.37. The Morgan fingerprint density at radius 1 is 0.727 bits per heavy atom. The van der Waals surface area contributed by atoms with Crippen LogP contribution in [0.5, 0.6) is 0 Å². The molecule has 0 unspecified atom stereocenters. The Morgan fingerprint density at radius 2 is 1.30 bits per heavy atom. The number of likely N-dealkylation sites (tertiary alicyclic amines) is 1. The van der Waals surface area contributed by atoms with Crippen molar-refractivity contribution in [2.75, 3.05) is 63.0 Å². The average molecular weight is 454 g/mol. The second-order valence-electron chi connectivity index (χ2n) is 8.84. The van der Waals surface area contributed by atoms with E-state index in [4.69, 9.17) is 0 Å². The van der Waals surface area contributed by atoms with Crippen molar-refractivity contribution in [3.05, 3.63) is 59.9 Å². The fourth-order valence-electron chi connectivity index (χ4n) is 4.37. The predicted molar refractivity (Wildman–Crippen MR) is 127 cm³/mol. The van der Waals surface area contributed by atoms with Gasteiger partial charge in [-0.1, -0.05) is 18.2 Å². The molecule has 0 bridgehead atoms. The van der Waals surface area contributed by atoms with Crippen LogP contribution in [0.3, 0.4) is 0 Å². The summed E-state index contributed by atoms with van der Waals surface area (Å²) in [6.45, 7) is 6.74. The number of nitrogens with zero attached hydrogens (tertiary/aromatic N) is 3. The fraction of sp³-hybridized carbons (Fsp3) is 0.440. The highest BCUT2D eigenvalue weighted by atomic mass is 19.1. The van der Waals surface area contributed by atoms with Gasteiger partial charge in [0.05, 0.1) is 13.1 Å². The smallest absolute Gasteiger partial charge is 0.238 e. The normalized spacial score (nSPS) is 17.7. The molecule has 2 saturated heterocycles. The standard InChI is InChI=1S/C25H32FN5O2/c26-21-4-3-5-23(16-21)28-25(33)19-31-14-12-30(13-15-31)18-24(32)27-22-8-6-20(7-9-22)17-29-10-1-2-11-29/h3-9,16H,1-2,10-15,17-19H2,(H,27,32)(H,28,33). The molecule has 176 valence electrons. The lowest BCUT2D eigenvalue weighted by atomic mass is 10.2. The van der Waals surface area contributed by atoms with Crippen LogP contribution in [0.15, 0.2) is 48.5 Å². The highest BCUT2D eigenvalue weighted by Gasteiger charge is 2.21. The Morgan fingerprint density at radius 3 is 1.88 bits per heavy atom. The summed E-state index contributed by atoms with van der Waals surface area (Å²) in [5.41, 5.74) is 2.55. The van der Waals surface area contributed by atoms with Gasteiger partial charge in [0.15, 0.2) is 0 Å². The van der Waals surface area contributed by atoms with Crippen molar-refractivity contribution in [1.29, 1.82) is 0 Å². The number of hydrogen-bond acceptors (Lipinski definition) is 5. The molecular weight excluding hydrogens is 421 g/mol. The predicted octanol–water partition coefficient (Wildman–Crippen LogP) is 2.62. The summed E-state index contributed by atoms with van der Waals surface area (Å²) in [7, 11) is 0. The van der Waals surface area contributed by atoms with Gasteiger partial charge in [-0.15, -0.1) is 0 Å². The van der Waals surface area contributed by atoms with Crippen LogP contribution in [-0.2, 0) is 16.1 Å². The molecule has 8 heteroatoms. The van der Waals surface area contributed by atoms with Crippen LogP contribution in [-0.4, -0.2) is 78.9 Å². The van der Waals surface area contributed by atoms with Gasteiger partial charge in [-0.25, -0.2) is 4.39 Å². The van der Waals surface area contributed by atoms with Gasteiger partial charge in [0.1, 0.15) is 5.82 Å².